The Kier molecular flexibility index (Phi) is 2.32. The number of rotatable bonds is 2. The van der Waals surface area contributed by atoms with Crippen LogP contribution >= 0.6 is 0 Å². The molecular formula is C6H8N2O3. The lowest BCUT2D eigenvalue weighted by Crippen LogP contribution is -2.39. The number of aliphatic imine (C=N–C) groups is 1. The van der Waals surface area contributed by atoms with Crippen molar-refractivity contribution in [2.45, 2.75) is 6.42 Å². The summed E-state index contributed by atoms with van der Waals surface area (Å²) in [7, 11) is 0. The fourth-order valence-corrected chi connectivity index (χ4v) is 0.800. The molecule has 1 heterocycles. The van der Waals surface area contributed by atoms with Crippen LogP contribution in [0.5, 0.6) is 0 Å². The molecule has 0 bridgehead atoms. The molecule has 1 aliphatic rings. The molecule has 0 radical (unpaired) electrons. The Morgan fingerprint density at radius 1 is 1.64 bits per heavy atom. The summed E-state index contributed by atoms with van der Waals surface area (Å²) in [6.45, 7) is -0.0850. The van der Waals surface area contributed by atoms with Gasteiger partial charge >= 0.3 is 6.03 Å². The van der Waals surface area contributed by atoms with Gasteiger partial charge in [-0.2, -0.15) is 0 Å². The third-order valence-electron chi connectivity index (χ3n) is 1.38. The highest BCUT2D eigenvalue weighted by Gasteiger charge is 2.21. The van der Waals surface area contributed by atoms with Gasteiger partial charge in [0.1, 0.15) is 0 Å². The predicted octanol–water partition coefficient (Wildman–Crippen LogP) is -0.694. The fraction of sp³-hybridized carbons (Fsp3) is 0.500. The van der Waals surface area contributed by atoms with Crippen molar-refractivity contribution < 1.29 is 14.7 Å². The minimum atomic E-state index is -0.635. The molecule has 1 aliphatic heterocycles. The van der Waals surface area contributed by atoms with Crippen molar-refractivity contribution in [3.8, 4) is 0 Å². The summed E-state index contributed by atoms with van der Waals surface area (Å²) >= 11 is 0. The van der Waals surface area contributed by atoms with Crippen LogP contribution in [0.3, 0.4) is 0 Å². The van der Waals surface area contributed by atoms with Crippen molar-refractivity contribution >= 4 is 18.2 Å². The monoisotopic (exact) mass is 156 g/mol. The Bertz CT molecular complexity index is 212. The molecule has 3 amide bonds. The number of imide groups is 1. The maximum absolute atomic E-state index is 10.9. The minimum Gasteiger partial charge on any atom is -0.396 e. The van der Waals surface area contributed by atoms with Crippen molar-refractivity contribution in [3.05, 3.63) is 0 Å². The van der Waals surface area contributed by atoms with E-state index in [-0.39, 0.29) is 12.5 Å². The van der Waals surface area contributed by atoms with Gasteiger partial charge in [-0.05, 0) is 6.42 Å². The lowest BCUT2D eigenvalue weighted by Gasteiger charge is -2.12. The van der Waals surface area contributed by atoms with Gasteiger partial charge in [0.2, 0.25) is 5.91 Å². The molecule has 0 fully saturated rings. The zero-order valence-electron chi connectivity index (χ0n) is 5.78. The Balaban J connectivity index is 2.61. The molecule has 5 nitrogen and oxygen atoms in total. The number of nitrogens with one attached hydrogen (secondary N) is 1. The molecule has 0 aromatic rings. The van der Waals surface area contributed by atoms with Crippen LogP contribution in [0.1, 0.15) is 6.42 Å². The normalized spacial score (nSPS) is 23.5. The first kappa shape index (κ1) is 7.87. The molecule has 0 aromatic carbocycles. The van der Waals surface area contributed by atoms with E-state index in [4.69, 9.17) is 5.11 Å². The molecule has 0 aromatic heterocycles. The molecule has 1 unspecified atom stereocenters. The number of carbonyl (C=O) groups excluding carboxylic acids is 2. The molecule has 0 saturated heterocycles. The maximum Gasteiger partial charge on any atom is 0.347 e. The summed E-state index contributed by atoms with van der Waals surface area (Å²) in [6.07, 6.45) is 1.57. The number of hydrogen-bond donors (Lipinski definition) is 2. The first-order valence-electron chi connectivity index (χ1n) is 3.24. The second kappa shape index (κ2) is 3.25. The number of hydrogen-bond acceptors (Lipinski definition) is 3. The van der Waals surface area contributed by atoms with Crippen LogP contribution in [-0.4, -0.2) is 29.9 Å². The summed E-state index contributed by atoms with van der Waals surface area (Å²) in [6, 6.07) is -0.635. The van der Waals surface area contributed by atoms with E-state index in [9.17, 15) is 9.59 Å². The van der Waals surface area contributed by atoms with Gasteiger partial charge in [0.05, 0.1) is 5.92 Å². The van der Waals surface area contributed by atoms with E-state index in [1.54, 1.807) is 0 Å². The number of urea groups is 1. The first-order chi connectivity index (χ1) is 5.24. The summed E-state index contributed by atoms with van der Waals surface area (Å²) in [4.78, 5) is 24.7. The van der Waals surface area contributed by atoms with Crippen LogP contribution in [-0.2, 0) is 4.79 Å². The van der Waals surface area contributed by atoms with Crippen molar-refractivity contribution in [1.29, 1.82) is 0 Å². The van der Waals surface area contributed by atoms with Gasteiger partial charge in [-0.25, -0.2) is 9.79 Å². The summed E-state index contributed by atoms with van der Waals surface area (Å²) < 4.78 is 0. The van der Waals surface area contributed by atoms with Crippen LogP contribution < -0.4 is 5.32 Å². The molecular weight excluding hydrogens is 148 g/mol. The SMILES string of the molecule is O=C1N=CC(CCO)C(=O)N1. The zero-order chi connectivity index (χ0) is 8.27. The first-order valence-corrected chi connectivity index (χ1v) is 3.24. The van der Waals surface area contributed by atoms with Crippen molar-refractivity contribution in [2.24, 2.45) is 10.9 Å². The quantitative estimate of drug-likeness (QED) is 0.555. The molecule has 2 N–H and O–H groups in total. The number of amides is 3. The molecule has 0 saturated carbocycles. The maximum atomic E-state index is 10.9. The van der Waals surface area contributed by atoms with E-state index >= 15 is 0 Å². The lowest BCUT2D eigenvalue weighted by atomic mass is 10.1. The number of aliphatic hydroxyl groups is 1. The molecule has 0 spiro atoms. The highest BCUT2D eigenvalue weighted by Crippen LogP contribution is 2.03. The fourth-order valence-electron chi connectivity index (χ4n) is 0.800. The van der Waals surface area contributed by atoms with Crippen molar-refractivity contribution in [2.75, 3.05) is 6.61 Å². The van der Waals surface area contributed by atoms with Crippen LogP contribution in [0.2, 0.25) is 0 Å². The zero-order valence-corrected chi connectivity index (χ0v) is 5.78. The third kappa shape index (κ3) is 1.84. The third-order valence-corrected chi connectivity index (χ3v) is 1.38. The summed E-state index contributed by atoms with van der Waals surface area (Å²) in [5, 5.41) is 10.5. The topological polar surface area (TPSA) is 78.8 Å². The highest BCUT2D eigenvalue weighted by atomic mass is 16.3. The second-order valence-corrected chi connectivity index (χ2v) is 2.19. The van der Waals surface area contributed by atoms with Gasteiger partial charge < -0.3 is 5.11 Å². The van der Waals surface area contributed by atoms with E-state index in [1.807, 2.05) is 5.32 Å². The minimum absolute atomic E-state index is 0.0850. The largest absolute Gasteiger partial charge is 0.396 e. The van der Waals surface area contributed by atoms with E-state index in [0.717, 1.165) is 0 Å². The van der Waals surface area contributed by atoms with E-state index < -0.39 is 11.9 Å². The van der Waals surface area contributed by atoms with Gasteiger partial charge in [-0.1, -0.05) is 0 Å². The Hall–Kier alpha value is -1.23. The van der Waals surface area contributed by atoms with Gasteiger partial charge in [0, 0.05) is 12.8 Å². The number of aliphatic hydroxyl groups excluding tert-OH is 1. The Morgan fingerprint density at radius 3 is 2.91 bits per heavy atom. The van der Waals surface area contributed by atoms with Crippen molar-refractivity contribution in [3.63, 3.8) is 0 Å². The molecule has 0 aliphatic carbocycles. The van der Waals surface area contributed by atoms with Crippen LogP contribution in [0.4, 0.5) is 4.79 Å². The molecule has 11 heavy (non-hydrogen) atoms. The lowest BCUT2D eigenvalue weighted by molar-refractivity contribution is -0.122. The van der Waals surface area contributed by atoms with Crippen LogP contribution in [0.25, 0.3) is 0 Å². The number of carbonyl (C=O) groups is 2. The average molecular weight is 156 g/mol. The standard InChI is InChI=1S/C6H8N2O3/c9-2-1-4-3-7-6(11)8-5(4)10/h3-4,9H,1-2H2,(H,8,10,11). The summed E-state index contributed by atoms with van der Waals surface area (Å²) in [5.74, 6) is -0.850. The highest BCUT2D eigenvalue weighted by molar-refractivity contribution is 6.09. The average Bonchev–Trinajstić information content (AvgIpc) is 1.95. The van der Waals surface area contributed by atoms with Crippen LogP contribution in [0, 0.1) is 5.92 Å². The van der Waals surface area contributed by atoms with Crippen molar-refractivity contribution in [1.82, 2.24) is 5.32 Å². The van der Waals surface area contributed by atoms with E-state index in [2.05, 4.69) is 4.99 Å². The number of nitrogens with zero attached hydrogens (tertiary/aromatic N) is 1. The molecule has 60 valence electrons. The molecule has 5 heteroatoms. The second-order valence-electron chi connectivity index (χ2n) is 2.19. The van der Waals surface area contributed by atoms with E-state index in [1.165, 1.54) is 6.21 Å². The molecule has 1 atom stereocenters. The summed E-state index contributed by atoms with van der Waals surface area (Å²) in [5.41, 5.74) is 0. The smallest absolute Gasteiger partial charge is 0.347 e. The predicted molar refractivity (Wildman–Crippen MR) is 37.2 cm³/mol. The van der Waals surface area contributed by atoms with Gasteiger partial charge in [-0.15, -0.1) is 0 Å². The van der Waals surface area contributed by atoms with Gasteiger partial charge in [0.25, 0.3) is 0 Å². The van der Waals surface area contributed by atoms with Gasteiger partial charge in [0.15, 0.2) is 0 Å². The van der Waals surface area contributed by atoms with Crippen LogP contribution in [0.15, 0.2) is 4.99 Å². The van der Waals surface area contributed by atoms with Gasteiger partial charge in [-0.3, -0.25) is 10.1 Å². The Labute approximate surface area is 63.1 Å². The Morgan fingerprint density at radius 2 is 2.36 bits per heavy atom. The molecule has 1 rings (SSSR count). The van der Waals surface area contributed by atoms with E-state index in [0.29, 0.717) is 6.42 Å².